The molecular weight excluding hydrogens is 736 g/mol. The van der Waals surface area contributed by atoms with E-state index < -0.39 is 75.6 Å². The van der Waals surface area contributed by atoms with Crippen molar-refractivity contribution in [2.24, 2.45) is 45.3 Å². The van der Waals surface area contributed by atoms with Crippen molar-refractivity contribution in [2.45, 2.75) is 111 Å². The summed E-state index contributed by atoms with van der Waals surface area (Å²) >= 11 is 3.50. The number of halogens is 1. The molecule has 52 heavy (non-hydrogen) atoms. The fourth-order valence-corrected chi connectivity index (χ4v) is 12.4. The molecule has 12 heteroatoms. The van der Waals surface area contributed by atoms with Crippen LogP contribution in [-0.4, -0.2) is 73.4 Å². The van der Waals surface area contributed by atoms with E-state index in [-0.39, 0.29) is 29.9 Å². The van der Waals surface area contributed by atoms with Crippen LogP contribution in [0.2, 0.25) is 0 Å². The van der Waals surface area contributed by atoms with Crippen molar-refractivity contribution < 1.29 is 52.7 Å². The molecule has 6 rings (SSSR count). The lowest BCUT2D eigenvalue weighted by Crippen LogP contribution is -2.78. The maximum absolute atomic E-state index is 13.5. The lowest BCUT2D eigenvalue weighted by molar-refractivity contribution is -0.322. The number of rotatable bonds is 7. The van der Waals surface area contributed by atoms with Crippen molar-refractivity contribution in [3.63, 3.8) is 0 Å². The van der Waals surface area contributed by atoms with Crippen LogP contribution in [0.15, 0.2) is 40.4 Å². The maximum Gasteiger partial charge on any atom is 0.508 e. The zero-order chi connectivity index (χ0) is 38.0. The molecule has 0 aromatic heterocycles. The fourth-order valence-electron chi connectivity index (χ4n) is 12.0. The van der Waals surface area contributed by atoms with E-state index in [2.05, 4.69) is 29.8 Å². The Morgan fingerprint density at radius 1 is 0.981 bits per heavy atom. The van der Waals surface area contributed by atoms with Gasteiger partial charge in [0.05, 0.1) is 31.3 Å². The van der Waals surface area contributed by atoms with Crippen LogP contribution in [0.1, 0.15) is 86.1 Å². The average Bonchev–Trinajstić information content (AvgIpc) is 3.53. The van der Waals surface area contributed by atoms with Crippen LogP contribution < -0.4 is 0 Å². The minimum Gasteiger partial charge on any atom is -0.466 e. The molecule has 286 valence electrons. The molecule has 4 fully saturated rings. The van der Waals surface area contributed by atoms with Gasteiger partial charge in [0.1, 0.15) is 18.8 Å². The summed E-state index contributed by atoms with van der Waals surface area (Å²) in [7, 11) is 1.29. The van der Waals surface area contributed by atoms with Gasteiger partial charge < -0.3 is 33.5 Å². The van der Waals surface area contributed by atoms with Crippen molar-refractivity contribution in [1.82, 2.24) is 0 Å². The predicted octanol–water partition coefficient (Wildman–Crippen LogP) is 6.71. The van der Waals surface area contributed by atoms with Crippen LogP contribution in [0, 0.1) is 45.3 Å². The van der Waals surface area contributed by atoms with Gasteiger partial charge in [-0.3, -0.25) is 9.59 Å². The number of carbonyl (C=O) groups is 4. The third-order valence-electron chi connectivity index (χ3n) is 14.3. The van der Waals surface area contributed by atoms with Crippen molar-refractivity contribution in [3.05, 3.63) is 46.0 Å². The number of hydrogen-bond acceptors (Lipinski definition) is 11. The first-order chi connectivity index (χ1) is 24.4. The summed E-state index contributed by atoms with van der Waals surface area (Å²) in [5.74, 6) is -2.59. The molecule has 4 aliphatic carbocycles. The monoisotopic (exact) mass is 788 g/mol. The molecule has 1 saturated heterocycles. The lowest BCUT2D eigenvalue weighted by atomic mass is 9.33. The SMILES string of the molecule is COC(=O)C1=CC(C)C[C@@]2(O)C3CC[C@]4(C)C(CC[C@@]5(C(C)OC(=O)OCc6ccccc6Br)COC[C@H]54)[C@@]3(C)[C@H](OC(C)=O)[C@H](OC(C)=O)[C@@]12C. The maximum atomic E-state index is 13.5. The predicted molar refractivity (Wildman–Crippen MR) is 191 cm³/mol. The first-order valence-electron chi connectivity index (χ1n) is 18.4. The van der Waals surface area contributed by atoms with Gasteiger partial charge in [0.15, 0.2) is 6.10 Å². The lowest BCUT2D eigenvalue weighted by Gasteiger charge is -2.73. The third kappa shape index (κ3) is 5.72. The van der Waals surface area contributed by atoms with Gasteiger partial charge in [0, 0.05) is 40.3 Å². The highest BCUT2D eigenvalue weighted by Crippen LogP contribution is 2.75. The first-order valence-corrected chi connectivity index (χ1v) is 19.2. The van der Waals surface area contributed by atoms with E-state index in [0.29, 0.717) is 45.3 Å². The van der Waals surface area contributed by atoms with Gasteiger partial charge in [-0.05, 0) is 81.1 Å². The largest absolute Gasteiger partial charge is 0.508 e. The molecule has 1 N–H and O–H groups in total. The molecule has 1 aromatic rings. The molecule has 12 atom stereocenters. The van der Waals surface area contributed by atoms with Gasteiger partial charge in [0.2, 0.25) is 0 Å². The minimum atomic E-state index is -1.52. The molecule has 5 aliphatic rings. The Hall–Kier alpha value is -2.96. The van der Waals surface area contributed by atoms with Gasteiger partial charge in [0.25, 0.3) is 0 Å². The smallest absolute Gasteiger partial charge is 0.466 e. The van der Waals surface area contributed by atoms with E-state index in [0.717, 1.165) is 10.0 Å². The first kappa shape index (κ1) is 38.8. The fraction of sp³-hybridized carbons (Fsp3) is 0.700. The van der Waals surface area contributed by atoms with Crippen molar-refractivity contribution >= 4 is 40.0 Å². The second-order valence-electron chi connectivity index (χ2n) is 16.7. The molecule has 11 nitrogen and oxygen atoms in total. The molecule has 1 heterocycles. The number of hydrogen-bond donors (Lipinski definition) is 1. The van der Waals surface area contributed by atoms with Gasteiger partial charge in [-0.2, -0.15) is 0 Å². The minimum absolute atomic E-state index is 0.0495. The second-order valence-corrected chi connectivity index (χ2v) is 17.5. The van der Waals surface area contributed by atoms with Gasteiger partial charge >= 0.3 is 24.1 Å². The molecular formula is C40H53BrO11. The Labute approximate surface area is 314 Å². The molecule has 3 saturated carbocycles. The van der Waals surface area contributed by atoms with Crippen LogP contribution in [0.3, 0.4) is 0 Å². The Balaban J connectivity index is 1.38. The van der Waals surface area contributed by atoms with E-state index in [1.54, 1.807) is 13.0 Å². The number of aliphatic hydroxyl groups is 1. The summed E-state index contributed by atoms with van der Waals surface area (Å²) in [6.45, 7) is 13.5. The van der Waals surface area contributed by atoms with E-state index in [1.807, 2.05) is 38.1 Å². The Morgan fingerprint density at radius 3 is 2.29 bits per heavy atom. The molecule has 4 unspecified atom stereocenters. The summed E-state index contributed by atoms with van der Waals surface area (Å²) in [4.78, 5) is 52.6. The number of ether oxygens (including phenoxy) is 6. The van der Waals surface area contributed by atoms with Gasteiger partial charge in [-0.1, -0.05) is 61.0 Å². The quantitative estimate of drug-likeness (QED) is 0.233. The Bertz CT molecular complexity index is 1640. The average molecular weight is 790 g/mol. The second kappa shape index (κ2) is 13.7. The van der Waals surface area contributed by atoms with Gasteiger partial charge in [-0.15, -0.1) is 0 Å². The molecule has 1 aliphatic heterocycles. The third-order valence-corrected chi connectivity index (χ3v) is 15.0. The van der Waals surface area contributed by atoms with Crippen LogP contribution in [0.4, 0.5) is 4.79 Å². The summed E-state index contributed by atoms with van der Waals surface area (Å²) in [5.41, 5.74) is -3.73. The van der Waals surface area contributed by atoms with E-state index >= 15 is 0 Å². The Kier molecular flexibility index (Phi) is 10.2. The van der Waals surface area contributed by atoms with E-state index in [4.69, 9.17) is 28.4 Å². The number of benzene rings is 1. The zero-order valence-corrected chi connectivity index (χ0v) is 33.1. The number of allylic oxidation sites excluding steroid dienone is 1. The van der Waals surface area contributed by atoms with Gasteiger partial charge in [-0.25, -0.2) is 9.59 Å². The molecule has 0 bridgehead atoms. The number of carbonyl (C=O) groups excluding carboxylic acids is 4. The molecule has 0 amide bonds. The highest BCUT2D eigenvalue weighted by molar-refractivity contribution is 9.10. The zero-order valence-electron chi connectivity index (χ0n) is 31.5. The van der Waals surface area contributed by atoms with Crippen molar-refractivity contribution in [2.75, 3.05) is 20.3 Å². The van der Waals surface area contributed by atoms with Crippen LogP contribution in [-0.2, 0) is 49.4 Å². The number of methoxy groups -OCH3 is 1. The highest BCUT2D eigenvalue weighted by atomic mass is 79.9. The van der Waals surface area contributed by atoms with Crippen LogP contribution in [0.5, 0.6) is 0 Å². The normalized spacial score (nSPS) is 41.1. The summed E-state index contributed by atoms with van der Waals surface area (Å²) in [5, 5.41) is 13.3. The van der Waals surface area contributed by atoms with Crippen LogP contribution >= 0.6 is 15.9 Å². The highest BCUT2D eigenvalue weighted by Gasteiger charge is 2.79. The van der Waals surface area contributed by atoms with Crippen LogP contribution in [0.25, 0.3) is 0 Å². The van der Waals surface area contributed by atoms with Crippen molar-refractivity contribution in [1.29, 1.82) is 0 Å². The summed E-state index contributed by atoms with van der Waals surface area (Å²) < 4.78 is 36.4. The number of fused-ring (bicyclic) bond motifs is 7. The topological polar surface area (TPSA) is 144 Å². The molecule has 0 radical (unpaired) electrons. The number of esters is 3. The van der Waals surface area contributed by atoms with E-state index in [9.17, 15) is 24.3 Å². The standard InChI is InChI=1S/C40H53BrO11/c1-22-17-27(34(44)47-8)38(7)33(52-25(4)43)32(51-24(3)42)37(6)29-14-16-39(23(2)50-35(45)49-19-26-11-9-10-12-28(26)41)21-48-20-31(39)36(29,5)15-13-30(37)40(38,46)18-22/h9-12,17,22-23,29-33,46H,13-16,18-21H2,1-8H3/t22?,23?,29?,30?,31-,32+,33-,36+,37+,38+,39-,40+/m0/s1. The summed E-state index contributed by atoms with van der Waals surface area (Å²) in [6.07, 6.45) is 1.21. The molecule has 1 aromatic carbocycles. The summed E-state index contributed by atoms with van der Waals surface area (Å²) in [6, 6.07) is 7.53. The van der Waals surface area contributed by atoms with Crippen molar-refractivity contribution in [3.8, 4) is 0 Å². The van der Waals surface area contributed by atoms with E-state index in [1.165, 1.54) is 21.0 Å². The Morgan fingerprint density at radius 2 is 1.63 bits per heavy atom. The molecule has 0 spiro atoms.